The minimum absolute atomic E-state index is 0.0376. The highest BCUT2D eigenvalue weighted by molar-refractivity contribution is 5.79. The van der Waals surface area contributed by atoms with Crippen LogP contribution in [-0.2, 0) is 24.2 Å². The van der Waals surface area contributed by atoms with Gasteiger partial charge in [0.2, 0.25) is 5.91 Å². The summed E-state index contributed by atoms with van der Waals surface area (Å²) < 4.78 is 12.9. The third kappa shape index (κ3) is 5.22. The standard InChI is InChI=1S/C28H31N3O3/c1-19-9-10-20(2)22(15-19)18-31-24-8-6-5-7-23(24)30-27(31)13-14-29-28(32)17-21-11-12-25(33-3)26(16-21)34-4/h5-12,15-16H,13-14,17-18H2,1-4H3,(H,29,32). The van der Waals surface area contributed by atoms with Gasteiger partial charge in [-0.05, 0) is 54.8 Å². The van der Waals surface area contributed by atoms with E-state index >= 15 is 0 Å². The zero-order valence-electron chi connectivity index (χ0n) is 20.2. The summed E-state index contributed by atoms with van der Waals surface area (Å²) in [5, 5.41) is 3.04. The normalized spacial score (nSPS) is 10.9. The van der Waals surface area contributed by atoms with Crippen molar-refractivity contribution < 1.29 is 14.3 Å². The number of ether oxygens (including phenoxy) is 2. The van der Waals surface area contributed by atoms with Crippen molar-refractivity contribution >= 4 is 16.9 Å². The van der Waals surface area contributed by atoms with Crippen LogP contribution in [0.25, 0.3) is 11.0 Å². The zero-order valence-corrected chi connectivity index (χ0v) is 20.2. The van der Waals surface area contributed by atoms with E-state index in [4.69, 9.17) is 14.5 Å². The molecule has 34 heavy (non-hydrogen) atoms. The van der Waals surface area contributed by atoms with Crippen LogP contribution in [0, 0.1) is 13.8 Å². The molecule has 1 amide bonds. The summed E-state index contributed by atoms with van der Waals surface area (Å²) in [5.74, 6) is 2.19. The van der Waals surface area contributed by atoms with E-state index in [1.54, 1.807) is 14.2 Å². The number of aryl methyl sites for hydroxylation is 2. The number of imidazole rings is 1. The van der Waals surface area contributed by atoms with Crippen molar-refractivity contribution in [3.63, 3.8) is 0 Å². The molecule has 3 aromatic carbocycles. The minimum atomic E-state index is -0.0376. The van der Waals surface area contributed by atoms with E-state index in [0.29, 0.717) is 24.5 Å². The van der Waals surface area contributed by atoms with Gasteiger partial charge in [-0.25, -0.2) is 4.98 Å². The number of para-hydroxylation sites is 2. The Morgan fingerprint density at radius 3 is 2.56 bits per heavy atom. The Bertz CT molecular complexity index is 1310. The van der Waals surface area contributed by atoms with Crippen LogP contribution < -0.4 is 14.8 Å². The minimum Gasteiger partial charge on any atom is -0.493 e. The molecule has 4 aromatic rings. The first-order chi connectivity index (χ1) is 16.5. The molecule has 0 unspecified atom stereocenters. The molecule has 0 saturated carbocycles. The van der Waals surface area contributed by atoms with Gasteiger partial charge in [0.1, 0.15) is 5.82 Å². The molecule has 0 fully saturated rings. The van der Waals surface area contributed by atoms with Gasteiger partial charge in [0, 0.05) is 19.5 Å². The molecule has 0 aliphatic rings. The fourth-order valence-electron chi connectivity index (χ4n) is 4.19. The van der Waals surface area contributed by atoms with Gasteiger partial charge >= 0.3 is 0 Å². The van der Waals surface area contributed by atoms with Crippen molar-refractivity contribution in [1.82, 2.24) is 14.9 Å². The molecule has 6 nitrogen and oxygen atoms in total. The van der Waals surface area contributed by atoms with Crippen LogP contribution in [0.3, 0.4) is 0 Å². The average molecular weight is 458 g/mol. The Labute approximate surface area is 200 Å². The molecule has 0 aliphatic heterocycles. The van der Waals surface area contributed by atoms with Crippen LogP contribution in [-0.4, -0.2) is 36.2 Å². The second kappa shape index (κ2) is 10.4. The number of carbonyl (C=O) groups is 1. The number of carbonyl (C=O) groups excluding carboxylic acids is 1. The second-order valence-corrected chi connectivity index (χ2v) is 8.50. The van der Waals surface area contributed by atoms with E-state index in [-0.39, 0.29) is 12.3 Å². The van der Waals surface area contributed by atoms with Crippen molar-refractivity contribution in [3.05, 3.63) is 88.7 Å². The van der Waals surface area contributed by atoms with Gasteiger partial charge in [-0.1, -0.05) is 42.0 Å². The summed E-state index contributed by atoms with van der Waals surface area (Å²) in [6.45, 7) is 5.52. The third-order valence-corrected chi connectivity index (χ3v) is 6.05. The number of amides is 1. The van der Waals surface area contributed by atoms with Gasteiger partial charge in [-0.3, -0.25) is 4.79 Å². The summed E-state index contributed by atoms with van der Waals surface area (Å²) in [7, 11) is 3.18. The molecule has 0 aliphatic carbocycles. The number of benzene rings is 3. The van der Waals surface area contributed by atoms with Crippen LogP contribution in [0.2, 0.25) is 0 Å². The Balaban J connectivity index is 1.46. The fraction of sp³-hybridized carbons (Fsp3) is 0.286. The number of methoxy groups -OCH3 is 2. The number of hydrogen-bond donors (Lipinski definition) is 1. The summed E-state index contributed by atoms with van der Waals surface area (Å²) in [5.41, 5.74) is 6.74. The second-order valence-electron chi connectivity index (χ2n) is 8.50. The molecule has 1 heterocycles. The van der Waals surface area contributed by atoms with Gasteiger partial charge in [0.25, 0.3) is 0 Å². The predicted molar refractivity (Wildman–Crippen MR) is 135 cm³/mol. The van der Waals surface area contributed by atoms with Crippen LogP contribution in [0.5, 0.6) is 11.5 Å². The van der Waals surface area contributed by atoms with Crippen molar-refractivity contribution in [2.45, 2.75) is 33.2 Å². The zero-order chi connectivity index (χ0) is 24.1. The Kier molecular flexibility index (Phi) is 7.16. The summed E-state index contributed by atoms with van der Waals surface area (Å²) in [6.07, 6.45) is 0.927. The van der Waals surface area contributed by atoms with Gasteiger partial charge < -0.3 is 19.4 Å². The number of nitrogens with zero attached hydrogens (tertiary/aromatic N) is 2. The number of rotatable bonds is 9. The molecule has 0 saturated heterocycles. The highest BCUT2D eigenvalue weighted by Gasteiger charge is 2.13. The summed E-state index contributed by atoms with van der Waals surface area (Å²) in [4.78, 5) is 17.4. The Hall–Kier alpha value is -3.80. The van der Waals surface area contributed by atoms with Crippen LogP contribution in [0.4, 0.5) is 0 Å². The maximum absolute atomic E-state index is 12.6. The number of aromatic nitrogens is 2. The molecule has 1 N–H and O–H groups in total. The Morgan fingerprint density at radius 2 is 1.76 bits per heavy atom. The number of hydrogen-bond acceptors (Lipinski definition) is 4. The lowest BCUT2D eigenvalue weighted by molar-refractivity contribution is -0.120. The average Bonchev–Trinajstić information content (AvgIpc) is 3.18. The van der Waals surface area contributed by atoms with Crippen molar-refractivity contribution in [1.29, 1.82) is 0 Å². The summed E-state index contributed by atoms with van der Waals surface area (Å²) in [6, 6.07) is 20.3. The van der Waals surface area contributed by atoms with E-state index < -0.39 is 0 Å². The molecule has 6 heteroatoms. The van der Waals surface area contributed by atoms with Gasteiger partial charge in [-0.15, -0.1) is 0 Å². The lowest BCUT2D eigenvalue weighted by Gasteiger charge is -2.13. The van der Waals surface area contributed by atoms with Crippen molar-refractivity contribution in [2.75, 3.05) is 20.8 Å². The third-order valence-electron chi connectivity index (χ3n) is 6.05. The fourth-order valence-corrected chi connectivity index (χ4v) is 4.19. The maximum atomic E-state index is 12.6. The number of nitrogens with one attached hydrogen (secondary N) is 1. The van der Waals surface area contributed by atoms with Crippen LogP contribution in [0.1, 0.15) is 28.1 Å². The molecule has 1 aromatic heterocycles. The maximum Gasteiger partial charge on any atom is 0.224 e. The van der Waals surface area contributed by atoms with E-state index in [0.717, 1.165) is 29.0 Å². The van der Waals surface area contributed by atoms with Crippen LogP contribution >= 0.6 is 0 Å². The predicted octanol–water partition coefficient (Wildman–Crippen LogP) is 4.62. The molecule has 0 atom stereocenters. The first kappa shape index (κ1) is 23.4. The lowest BCUT2D eigenvalue weighted by atomic mass is 10.1. The van der Waals surface area contributed by atoms with E-state index in [1.807, 2.05) is 36.4 Å². The highest BCUT2D eigenvalue weighted by Crippen LogP contribution is 2.27. The topological polar surface area (TPSA) is 65.4 Å². The quantitative estimate of drug-likeness (QED) is 0.398. The first-order valence-electron chi connectivity index (χ1n) is 11.5. The monoisotopic (exact) mass is 457 g/mol. The smallest absolute Gasteiger partial charge is 0.224 e. The number of fused-ring (bicyclic) bond motifs is 1. The SMILES string of the molecule is COc1ccc(CC(=O)NCCc2nc3ccccc3n2Cc2cc(C)ccc2C)cc1OC. The molecular formula is C28H31N3O3. The molecular weight excluding hydrogens is 426 g/mol. The molecule has 0 radical (unpaired) electrons. The molecule has 0 bridgehead atoms. The lowest BCUT2D eigenvalue weighted by Crippen LogP contribution is -2.28. The van der Waals surface area contributed by atoms with Crippen LogP contribution in [0.15, 0.2) is 60.7 Å². The highest BCUT2D eigenvalue weighted by atomic mass is 16.5. The van der Waals surface area contributed by atoms with E-state index in [2.05, 4.69) is 48.0 Å². The molecule has 4 rings (SSSR count). The summed E-state index contributed by atoms with van der Waals surface area (Å²) >= 11 is 0. The Morgan fingerprint density at radius 1 is 0.971 bits per heavy atom. The van der Waals surface area contributed by atoms with Gasteiger partial charge in [0.05, 0.1) is 31.7 Å². The largest absolute Gasteiger partial charge is 0.493 e. The van der Waals surface area contributed by atoms with Crippen molar-refractivity contribution in [3.8, 4) is 11.5 Å². The van der Waals surface area contributed by atoms with E-state index in [1.165, 1.54) is 16.7 Å². The molecule has 0 spiro atoms. The molecule has 176 valence electrons. The first-order valence-corrected chi connectivity index (χ1v) is 11.5. The van der Waals surface area contributed by atoms with Gasteiger partial charge in [-0.2, -0.15) is 0 Å². The van der Waals surface area contributed by atoms with Gasteiger partial charge in [0.15, 0.2) is 11.5 Å². The van der Waals surface area contributed by atoms with E-state index in [9.17, 15) is 4.79 Å². The van der Waals surface area contributed by atoms with Crippen molar-refractivity contribution in [2.24, 2.45) is 0 Å².